The second kappa shape index (κ2) is 10.7. The zero-order valence-corrected chi connectivity index (χ0v) is 20.6. The average Bonchev–Trinajstić information content (AvgIpc) is 3.49. The van der Waals surface area contributed by atoms with Crippen LogP contribution in [0.5, 0.6) is 5.06 Å². The normalized spacial score (nSPS) is 16.8. The topological polar surface area (TPSA) is 83.9 Å². The Bertz CT molecular complexity index is 1050. The largest absolute Gasteiger partial charge is 0.478 e. The maximum absolute atomic E-state index is 14.4. The quantitative estimate of drug-likeness (QED) is 0.411. The van der Waals surface area contributed by atoms with E-state index in [0.717, 1.165) is 24.8 Å². The minimum absolute atomic E-state index is 0.0556. The number of benzene rings is 1. The van der Waals surface area contributed by atoms with Crippen molar-refractivity contribution >= 4 is 63.9 Å². The van der Waals surface area contributed by atoms with E-state index in [0.29, 0.717) is 23.7 Å². The summed E-state index contributed by atoms with van der Waals surface area (Å²) in [6.07, 6.45) is 2.57. The number of hydrogen-bond donors (Lipinski definition) is 1. The molecule has 1 aromatic carbocycles. The molecule has 0 bridgehead atoms. The first-order valence-corrected chi connectivity index (χ1v) is 12.0. The molecule has 6 nitrogen and oxygen atoms in total. The summed E-state index contributed by atoms with van der Waals surface area (Å²) in [5.74, 6) is -1.96. The summed E-state index contributed by atoms with van der Waals surface area (Å²) in [6, 6.07) is 7.89. The number of esters is 1. The summed E-state index contributed by atoms with van der Waals surface area (Å²) in [4.78, 5) is 37.0. The zero-order valence-electron chi connectivity index (χ0n) is 17.5. The number of halogens is 4. The van der Waals surface area contributed by atoms with Crippen molar-refractivity contribution in [1.29, 1.82) is 0 Å². The molecule has 1 unspecified atom stereocenters. The maximum Gasteiger partial charge on any atom is 0.356 e. The smallest absolute Gasteiger partial charge is 0.356 e. The van der Waals surface area contributed by atoms with Gasteiger partial charge in [-0.15, -0.1) is 11.3 Å². The van der Waals surface area contributed by atoms with Gasteiger partial charge in [-0.1, -0.05) is 53.0 Å². The van der Waals surface area contributed by atoms with Crippen LogP contribution in [0, 0.1) is 11.7 Å². The Labute approximate surface area is 209 Å². The van der Waals surface area contributed by atoms with E-state index in [2.05, 4.69) is 4.90 Å². The minimum Gasteiger partial charge on any atom is -0.478 e. The molecule has 2 aliphatic rings. The van der Waals surface area contributed by atoms with E-state index in [1.165, 1.54) is 29.2 Å². The fourth-order valence-corrected chi connectivity index (χ4v) is 4.61. The summed E-state index contributed by atoms with van der Waals surface area (Å²) in [5.41, 5.74) is 1.52. The van der Waals surface area contributed by atoms with Crippen molar-refractivity contribution in [3.8, 4) is 5.06 Å². The highest BCUT2D eigenvalue weighted by atomic mass is 35.6. The molecule has 1 saturated carbocycles. The lowest BCUT2D eigenvalue weighted by Gasteiger charge is -2.34. The van der Waals surface area contributed by atoms with Gasteiger partial charge in [0.15, 0.2) is 10.8 Å². The molecule has 0 saturated heterocycles. The number of carboxylic acids is 1. The number of aliphatic carboxylic acids is 1. The lowest BCUT2D eigenvalue weighted by Crippen LogP contribution is -2.38. The fourth-order valence-electron chi connectivity index (χ4n) is 3.56. The van der Waals surface area contributed by atoms with Crippen molar-refractivity contribution in [2.24, 2.45) is 5.92 Å². The van der Waals surface area contributed by atoms with E-state index < -0.39 is 15.8 Å². The number of carbonyl (C=O) groups excluding carboxylic acids is 2. The Morgan fingerprint density at radius 2 is 1.88 bits per heavy atom. The van der Waals surface area contributed by atoms with Crippen molar-refractivity contribution in [3.63, 3.8) is 0 Å². The number of Topliss-reactive ketones (excluding diaryl/α,β-unsaturated/α-hetero) is 1. The third-order valence-electron chi connectivity index (χ3n) is 5.17. The van der Waals surface area contributed by atoms with Crippen molar-refractivity contribution < 1.29 is 28.6 Å². The van der Waals surface area contributed by atoms with E-state index in [4.69, 9.17) is 44.6 Å². The molecule has 0 radical (unpaired) electrons. The molecule has 0 amide bonds. The molecule has 33 heavy (non-hydrogen) atoms. The van der Waals surface area contributed by atoms with Gasteiger partial charge in [0, 0.05) is 36.4 Å². The van der Waals surface area contributed by atoms with E-state index in [1.54, 1.807) is 18.2 Å². The van der Waals surface area contributed by atoms with Gasteiger partial charge < -0.3 is 9.84 Å². The summed E-state index contributed by atoms with van der Waals surface area (Å²) in [6.45, 7) is 2.63. The Hall–Kier alpha value is -1.71. The van der Waals surface area contributed by atoms with E-state index in [-0.39, 0.29) is 23.5 Å². The molecular formula is C22H21Cl3FNO5S. The van der Waals surface area contributed by atoms with Crippen molar-refractivity contribution in [2.45, 2.75) is 42.6 Å². The first-order chi connectivity index (χ1) is 15.5. The van der Waals surface area contributed by atoms with Gasteiger partial charge in [0.05, 0.1) is 6.04 Å². The van der Waals surface area contributed by atoms with Crippen LogP contribution in [0.25, 0.3) is 0 Å². The molecule has 4 rings (SSSR count). The number of alkyl halides is 3. The molecule has 2 aromatic rings. The second-order valence-corrected chi connectivity index (χ2v) is 11.1. The molecule has 1 fully saturated rings. The SMILES string of the molecule is CC(=O)Oc1cc2c(s1)CCN(C(C(=O)C1CC1)c1ccccc1F)C2.O=C(O)C(Cl)(Cl)Cl. The van der Waals surface area contributed by atoms with Crippen LogP contribution in [-0.2, 0) is 27.3 Å². The van der Waals surface area contributed by atoms with Crippen LogP contribution in [-0.4, -0.2) is 38.1 Å². The van der Waals surface area contributed by atoms with Gasteiger partial charge >= 0.3 is 11.9 Å². The lowest BCUT2D eigenvalue weighted by molar-refractivity contribution is -0.136. The van der Waals surface area contributed by atoms with Gasteiger partial charge in [0.25, 0.3) is 3.79 Å². The number of ether oxygens (including phenoxy) is 1. The Kier molecular flexibility index (Phi) is 8.40. The molecule has 2 heterocycles. The van der Waals surface area contributed by atoms with E-state index in [9.17, 15) is 18.8 Å². The summed E-state index contributed by atoms with van der Waals surface area (Å²) < 4.78 is 17.5. The fraction of sp³-hybridized carbons (Fsp3) is 0.409. The van der Waals surface area contributed by atoms with Crippen LogP contribution in [0.4, 0.5) is 4.39 Å². The minimum atomic E-state index is -2.17. The van der Waals surface area contributed by atoms with E-state index >= 15 is 0 Å². The summed E-state index contributed by atoms with van der Waals surface area (Å²) in [7, 11) is 0. The molecule has 0 spiro atoms. The van der Waals surface area contributed by atoms with Crippen LogP contribution >= 0.6 is 46.1 Å². The predicted octanol–water partition coefficient (Wildman–Crippen LogP) is 5.33. The molecule has 1 aromatic heterocycles. The van der Waals surface area contributed by atoms with Crippen LogP contribution in [0.1, 0.15) is 41.8 Å². The zero-order chi connectivity index (χ0) is 24.3. The Morgan fingerprint density at radius 1 is 1.24 bits per heavy atom. The molecule has 1 atom stereocenters. The Balaban J connectivity index is 0.000000383. The number of ketones is 1. The number of carboxylic acid groups (broad SMARTS) is 1. The summed E-state index contributed by atoms with van der Waals surface area (Å²) >= 11 is 15.9. The van der Waals surface area contributed by atoms with Crippen molar-refractivity contribution in [3.05, 3.63) is 52.2 Å². The van der Waals surface area contributed by atoms with Crippen LogP contribution < -0.4 is 4.74 Å². The lowest BCUT2D eigenvalue weighted by atomic mass is 9.95. The van der Waals surface area contributed by atoms with Gasteiger partial charge in [-0.25, -0.2) is 9.18 Å². The van der Waals surface area contributed by atoms with Crippen molar-refractivity contribution in [1.82, 2.24) is 4.90 Å². The van der Waals surface area contributed by atoms with Gasteiger partial charge in [0.1, 0.15) is 5.82 Å². The molecule has 11 heteroatoms. The average molecular weight is 537 g/mol. The third-order valence-corrected chi connectivity index (χ3v) is 6.77. The number of fused-ring (bicyclic) bond motifs is 1. The number of thiophene rings is 1. The first-order valence-electron chi connectivity index (χ1n) is 10.1. The highest BCUT2D eigenvalue weighted by Gasteiger charge is 2.40. The standard InChI is InChI=1S/C20H20FNO3S.C2HCl3O2/c1-12(23)25-18-10-14-11-22(9-8-17(14)26-18)19(20(24)13-6-7-13)15-4-2-3-5-16(15)21;3-2(4,5)1(6)7/h2-5,10,13,19H,6-9,11H2,1H3;(H,6,7). The molecular weight excluding hydrogens is 516 g/mol. The first kappa shape index (κ1) is 25.9. The molecule has 1 aliphatic carbocycles. The van der Waals surface area contributed by atoms with Crippen molar-refractivity contribution in [2.75, 3.05) is 6.54 Å². The monoisotopic (exact) mass is 535 g/mol. The number of rotatable bonds is 5. The highest BCUT2D eigenvalue weighted by Crippen LogP contribution is 2.41. The molecule has 1 N–H and O–H groups in total. The van der Waals surface area contributed by atoms with Crippen LogP contribution in [0.2, 0.25) is 0 Å². The maximum atomic E-state index is 14.4. The molecule has 178 valence electrons. The third kappa shape index (κ3) is 6.90. The van der Waals surface area contributed by atoms with Gasteiger partial charge in [-0.3, -0.25) is 14.5 Å². The number of nitrogens with zero attached hydrogens (tertiary/aromatic N) is 1. The van der Waals surface area contributed by atoms with Gasteiger partial charge in [-0.05, 0) is 37.0 Å². The van der Waals surface area contributed by atoms with Crippen LogP contribution in [0.15, 0.2) is 30.3 Å². The van der Waals surface area contributed by atoms with Crippen LogP contribution in [0.3, 0.4) is 0 Å². The number of hydrogen-bond acceptors (Lipinski definition) is 6. The number of carbonyl (C=O) groups is 3. The summed E-state index contributed by atoms with van der Waals surface area (Å²) in [5, 5.41) is 8.44. The van der Waals surface area contributed by atoms with Gasteiger partial charge in [-0.2, -0.15) is 0 Å². The molecule has 1 aliphatic heterocycles. The highest BCUT2D eigenvalue weighted by molar-refractivity contribution is 7.14. The van der Waals surface area contributed by atoms with Gasteiger partial charge in [0.2, 0.25) is 0 Å². The Morgan fingerprint density at radius 3 is 2.42 bits per heavy atom. The second-order valence-electron chi connectivity index (χ2n) is 7.73. The predicted molar refractivity (Wildman–Crippen MR) is 125 cm³/mol. The van der Waals surface area contributed by atoms with E-state index in [1.807, 2.05) is 6.07 Å².